The highest BCUT2D eigenvalue weighted by molar-refractivity contribution is 5.94. The van der Waals surface area contributed by atoms with Crippen molar-refractivity contribution < 1.29 is 23.4 Å². The third-order valence-corrected chi connectivity index (χ3v) is 5.55. The summed E-state index contributed by atoms with van der Waals surface area (Å²) in [4.78, 5) is 14.8. The van der Waals surface area contributed by atoms with Crippen LogP contribution in [0.3, 0.4) is 0 Å². The van der Waals surface area contributed by atoms with Crippen molar-refractivity contribution in [3.63, 3.8) is 0 Å². The van der Waals surface area contributed by atoms with Crippen LogP contribution in [0.5, 0.6) is 17.2 Å². The van der Waals surface area contributed by atoms with E-state index in [4.69, 9.17) is 18.6 Å². The summed E-state index contributed by atoms with van der Waals surface area (Å²) in [7, 11) is 4.77. The van der Waals surface area contributed by atoms with Gasteiger partial charge in [-0.2, -0.15) is 0 Å². The first-order chi connectivity index (χ1) is 15.6. The number of hydrogen-bond donors (Lipinski definition) is 1. The minimum absolute atomic E-state index is 0.0300. The Morgan fingerprint density at radius 2 is 1.66 bits per heavy atom. The molecule has 0 atom stereocenters. The number of benzene rings is 2. The zero-order valence-electron chi connectivity index (χ0n) is 18.3. The van der Waals surface area contributed by atoms with Crippen LogP contribution < -0.4 is 24.4 Å². The number of carbonyl (C=O) groups excluding carboxylic acids is 1. The molecule has 2 aromatic carbocycles. The Morgan fingerprint density at radius 1 is 0.969 bits per heavy atom. The van der Waals surface area contributed by atoms with Gasteiger partial charge in [0.2, 0.25) is 11.8 Å². The average molecular weight is 438 g/mol. The number of aromatic nitrogens is 2. The van der Waals surface area contributed by atoms with Gasteiger partial charge in [0.1, 0.15) is 17.2 Å². The molecule has 2 heterocycles. The molecular formula is C23H26N4O5. The minimum Gasteiger partial charge on any atom is -0.497 e. The maximum absolute atomic E-state index is 12.8. The predicted molar refractivity (Wildman–Crippen MR) is 119 cm³/mol. The fraction of sp³-hybridized carbons (Fsp3) is 0.348. The SMILES string of the molecule is COc1ccc(-c2nnc(N3CCC(C(=O)Nc4ccc(OC)cc4OC)CC3)o2)cc1. The van der Waals surface area contributed by atoms with E-state index in [9.17, 15) is 4.79 Å². The average Bonchev–Trinajstić information content (AvgIpc) is 3.34. The maximum atomic E-state index is 12.8. The molecule has 0 saturated carbocycles. The van der Waals surface area contributed by atoms with Gasteiger partial charge >= 0.3 is 6.01 Å². The van der Waals surface area contributed by atoms with Gasteiger partial charge in [-0.1, -0.05) is 5.10 Å². The van der Waals surface area contributed by atoms with Crippen LogP contribution >= 0.6 is 0 Å². The highest BCUT2D eigenvalue weighted by Gasteiger charge is 2.28. The number of nitrogens with one attached hydrogen (secondary N) is 1. The van der Waals surface area contributed by atoms with Crippen LogP contribution in [0.4, 0.5) is 11.7 Å². The van der Waals surface area contributed by atoms with Gasteiger partial charge in [-0.05, 0) is 49.2 Å². The van der Waals surface area contributed by atoms with Crippen LogP contribution in [0.25, 0.3) is 11.5 Å². The lowest BCUT2D eigenvalue weighted by Crippen LogP contribution is -2.38. The molecule has 0 spiro atoms. The first-order valence-corrected chi connectivity index (χ1v) is 10.4. The van der Waals surface area contributed by atoms with Crippen LogP contribution in [-0.4, -0.2) is 50.5 Å². The lowest BCUT2D eigenvalue weighted by Gasteiger charge is -2.29. The van der Waals surface area contributed by atoms with Crippen molar-refractivity contribution in [1.82, 2.24) is 10.2 Å². The van der Waals surface area contributed by atoms with E-state index in [-0.39, 0.29) is 11.8 Å². The van der Waals surface area contributed by atoms with Gasteiger partial charge in [0.25, 0.3) is 0 Å². The number of ether oxygens (including phenoxy) is 3. The molecule has 1 fully saturated rings. The summed E-state index contributed by atoms with van der Waals surface area (Å²) in [5, 5.41) is 11.3. The normalized spacial score (nSPS) is 14.2. The molecule has 9 heteroatoms. The molecular weight excluding hydrogens is 412 g/mol. The number of amides is 1. The number of hydrogen-bond acceptors (Lipinski definition) is 8. The van der Waals surface area contributed by atoms with Crippen molar-refractivity contribution in [3.05, 3.63) is 42.5 Å². The fourth-order valence-electron chi connectivity index (χ4n) is 3.66. The summed E-state index contributed by atoms with van der Waals surface area (Å²) in [6.07, 6.45) is 1.37. The topological polar surface area (TPSA) is 99.0 Å². The smallest absolute Gasteiger partial charge is 0.318 e. The van der Waals surface area contributed by atoms with E-state index in [0.717, 1.165) is 11.3 Å². The van der Waals surface area contributed by atoms with Crippen LogP contribution in [0.1, 0.15) is 12.8 Å². The Balaban J connectivity index is 1.35. The highest BCUT2D eigenvalue weighted by atomic mass is 16.5. The standard InChI is InChI=1S/C23H26N4O5/c1-29-17-6-4-16(5-7-17)22-25-26-23(32-22)27-12-10-15(11-13-27)21(28)24-19-9-8-18(30-2)14-20(19)31-3/h4-9,14-15H,10-13H2,1-3H3,(H,24,28). The molecule has 1 aliphatic heterocycles. The molecule has 1 N–H and O–H groups in total. The predicted octanol–water partition coefficient (Wildman–Crippen LogP) is 3.62. The molecule has 0 radical (unpaired) electrons. The van der Waals surface area contributed by atoms with Gasteiger partial charge in [-0.15, -0.1) is 5.10 Å². The van der Waals surface area contributed by atoms with Gasteiger partial charge in [0.15, 0.2) is 0 Å². The molecule has 3 aromatic rings. The molecule has 1 aliphatic rings. The molecule has 168 valence electrons. The van der Waals surface area contributed by atoms with Crippen molar-refractivity contribution in [2.45, 2.75) is 12.8 Å². The lowest BCUT2D eigenvalue weighted by molar-refractivity contribution is -0.120. The highest BCUT2D eigenvalue weighted by Crippen LogP contribution is 2.31. The Kier molecular flexibility index (Phi) is 6.44. The number of anilines is 2. The van der Waals surface area contributed by atoms with E-state index in [1.165, 1.54) is 0 Å². The molecule has 4 rings (SSSR count). The van der Waals surface area contributed by atoms with E-state index in [1.807, 2.05) is 29.2 Å². The summed E-state index contributed by atoms with van der Waals surface area (Å²) in [6, 6.07) is 13.2. The number of rotatable bonds is 7. The molecule has 32 heavy (non-hydrogen) atoms. The summed E-state index contributed by atoms with van der Waals surface area (Å²) in [6.45, 7) is 1.31. The summed E-state index contributed by atoms with van der Waals surface area (Å²) in [5.41, 5.74) is 1.45. The van der Waals surface area contributed by atoms with Crippen molar-refractivity contribution in [3.8, 4) is 28.7 Å². The Bertz CT molecular complexity index is 1060. The van der Waals surface area contributed by atoms with Gasteiger partial charge in [0, 0.05) is 30.6 Å². The second-order valence-electron chi connectivity index (χ2n) is 7.44. The molecule has 1 saturated heterocycles. The van der Waals surface area contributed by atoms with Gasteiger partial charge in [-0.25, -0.2) is 0 Å². The Morgan fingerprint density at radius 3 is 2.31 bits per heavy atom. The van der Waals surface area contributed by atoms with Gasteiger partial charge < -0.3 is 28.8 Å². The lowest BCUT2D eigenvalue weighted by atomic mass is 9.96. The van der Waals surface area contributed by atoms with Crippen molar-refractivity contribution in [2.24, 2.45) is 5.92 Å². The molecule has 9 nitrogen and oxygen atoms in total. The number of methoxy groups -OCH3 is 3. The van der Waals surface area contributed by atoms with Crippen molar-refractivity contribution in [1.29, 1.82) is 0 Å². The van der Waals surface area contributed by atoms with Crippen LogP contribution in [0.15, 0.2) is 46.9 Å². The zero-order valence-corrected chi connectivity index (χ0v) is 18.3. The molecule has 0 unspecified atom stereocenters. The third-order valence-electron chi connectivity index (χ3n) is 5.55. The van der Waals surface area contributed by atoms with Crippen LogP contribution in [0.2, 0.25) is 0 Å². The van der Waals surface area contributed by atoms with E-state index in [2.05, 4.69) is 15.5 Å². The molecule has 1 aromatic heterocycles. The Hall–Kier alpha value is -3.75. The second kappa shape index (κ2) is 9.59. The van der Waals surface area contributed by atoms with Crippen molar-refractivity contribution >= 4 is 17.6 Å². The number of nitrogens with zero attached hydrogens (tertiary/aromatic N) is 3. The van der Waals surface area contributed by atoms with E-state index < -0.39 is 0 Å². The first kappa shape index (κ1) is 21.5. The second-order valence-corrected chi connectivity index (χ2v) is 7.44. The maximum Gasteiger partial charge on any atom is 0.318 e. The molecule has 0 bridgehead atoms. The van der Waals surface area contributed by atoms with Crippen LogP contribution in [0, 0.1) is 5.92 Å². The fourth-order valence-corrected chi connectivity index (χ4v) is 3.66. The summed E-state index contributed by atoms with van der Waals surface area (Å²) < 4.78 is 21.6. The molecule has 0 aliphatic carbocycles. The zero-order chi connectivity index (χ0) is 22.5. The first-order valence-electron chi connectivity index (χ1n) is 10.4. The summed E-state index contributed by atoms with van der Waals surface area (Å²) >= 11 is 0. The summed E-state index contributed by atoms with van der Waals surface area (Å²) in [5.74, 6) is 2.31. The van der Waals surface area contributed by atoms with Gasteiger partial charge in [-0.3, -0.25) is 4.79 Å². The number of piperidine rings is 1. The van der Waals surface area contributed by atoms with E-state index in [0.29, 0.717) is 55.0 Å². The largest absolute Gasteiger partial charge is 0.497 e. The van der Waals surface area contributed by atoms with Crippen LogP contribution in [-0.2, 0) is 4.79 Å². The van der Waals surface area contributed by atoms with E-state index >= 15 is 0 Å². The van der Waals surface area contributed by atoms with Crippen molar-refractivity contribution in [2.75, 3.05) is 44.6 Å². The monoisotopic (exact) mass is 438 g/mol. The third kappa shape index (κ3) is 4.61. The van der Waals surface area contributed by atoms with E-state index in [1.54, 1.807) is 39.5 Å². The van der Waals surface area contributed by atoms with Gasteiger partial charge in [0.05, 0.1) is 27.0 Å². The quantitative estimate of drug-likeness (QED) is 0.597. The minimum atomic E-state index is -0.109. The Labute approximate surface area is 186 Å². The molecule has 1 amide bonds. The number of carbonyl (C=O) groups is 1.